The highest BCUT2D eigenvalue weighted by Crippen LogP contribution is 2.30. The number of nitrogens with zero attached hydrogens (tertiary/aromatic N) is 1. The molecule has 1 saturated heterocycles. The van der Waals surface area contributed by atoms with Gasteiger partial charge in [-0.2, -0.15) is 0 Å². The van der Waals surface area contributed by atoms with E-state index in [0.717, 1.165) is 22.4 Å². The van der Waals surface area contributed by atoms with Gasteiger partial charge in [-0.3, -0.25) is 0 Å². The SMILES string of the molecule is COC1CCC(CCN2CCC(Cc3cc(F)ccc3Br)CC2)CC1. The minimum atomic E-state index is -0.126. The van der Waals surface area contributed by atoms with Gasteiger partial charge in [-0.15, -0.1) is 0 Å². The van der Waals surface area contributed by atoms with Crippen LogP contribution in [0.15, 0.2) is 22.7 Å². The molecule has 2 nitrogen and oxygen atoms in total. The van der Waals surface area contributed by atoms with Crippen LogP contribution in [0.1, 0.15) is 50.5 Å². The van der Waals surface area contributed by atoms with Gasteiger partial charge in [0, 0.05) is 11.6 Å². The topological polar surface area (TPSA) is 12.5 Å². The average Bonchev–Trinajstić information content (AvgIpc) is 2.64. The first-order chi connectivity index (χ1) is 12.1. The van der Waals surface area contributed by atoms with Gasteiger partial charge in [0.1, 0.15) is 5.82 Å². The second-order valence-electron chi connectivity index (χ2n) is 7.89. The molecule has 0 N–H and O–H groups in total. The lowest BCUT2D eigenvalue weighted by atomic mass is 9.85. The summed E-state index contributed by atoms with van der Waals surface area (Å²) in [5, 5.41) is 0. The van der Waals surface area contributed by atoms with Crippen LogP contribution in [0.5, 0.6) is 0 Å². The Morgan fingerprint density at radius 3 is 2.48 bits per heavy atom. The first kappa shape index (κ1) is 19.3. The Hall–Kier alpha value is -0.450. The Morgan fingerprint density at radius 1 is 1.08 bits per heavy atom. The maximum atomic E-state index is 13.5. The van der Waals surface area contributed by atoms with E-state index in [1.54, 1.807) is 6.07 Å². The summed E-state index contributed by atoms with van der Waals surface area (Å²) in [6, 6.07) is 5.04. The lowest BCUT2D eigenvalue weighted by Crippen LogP contribution is -2.36. The van der Waals surface area contributed by atoms with Crippen LogP contribution in [0.4, 0.5) is 4.39 Å². The van der Waals surface area contributed by atoms with Crippen LogP contribution in [0.25, 0.3) is 0 Å². The van der Waals surface area contributed by atoms with Crippen LogP contribution in [0, 0.1) is 17.7 Å². The third-order valence-corrected chi connectivity index (χ3v) is 6.98. The van der Waals surface area contributed by atoms with E-state index >= 15 is 0 Å². The van der Waals surface area contributed by atoms with Gasteiger partial charge in [0.05, 0.1) is 6.10 Å². The van der Waals surface area contributed by atoms with Crippen molar-refractivity contribution in [2.75, 3.05) is 26.7 Å². The quantitative estimate of drug-likeness (QED) is 0.617. The van der Waals surface area contributed by atoms with E-state index < -0.39 is 0 Å². The van der Waals surface area contributed by atoms with Crippen molar-refractivity contribution in [3.63, 3.8) is 0 Å². The van der Waals surface area contributed by atoms with Crippen molar-refractivity contribution in [3.05, 3.63) is 34.1 Å². The Kier molecular flexibility index (Phi) is 7.32. The zero-order valence-corrected chi connectivity index (χ0v) is 16.9. The van der Waals surface area contributed by atoms with Gasteiger partial charge >= 0.3 is 0 Å². The van der Waals surface area contributed by atoms with Gasteiger partial charge in [-0.1, -0.05) is 15.9 Å². The highest BCUT2D eigenvalue weighted by Gasteiger charge is 2.23. The van der Waals surface area contributed by atoms with Gasteiger partial charge in [0.15, 0.2) is 0 Å². The predicted molar refractivity (Wildman–Crippen MR) is 104 cm³/mol. The summed E-state index contributed by atoms with van der Waals surface area (Å²) in [6.45, 7) is 3.65. The number of methoxy groups -OCH3 is 1. The summed E-state index contributed by atoms with van der Waals surface area (Å²) in [5.41, 5.74) is 1.12. The molecule has 0 amide bonds. The van der Waals surface area contributed by atoms with Gasteiger partial charge < -0.3 is 9.64 Å². The van der Waals surface area contributed by atoms with E-state index in [1.807, 2.05) is 13.2 Å². The normalized spacial score (nSPS) is 26.0. The summed E-state index contributed by atoms with van der Waals surface area (Å²) in [5.74, 6) is 1.46. The smallest absolute Gasteiger partial charge is 0.123 e. The van der Waals surface area contributed by atoms with E-state index in [1.165, 1.54) is 70.6 Å². The van der Waals surface area contributed by atoms with Crippen LogP contribution >= 0.6 is 15.9 Å². The maximum absolute atomic E-state index is 13.5. The molecule has 25 heavy (non-hydrogen) atoms. The lowest BCUT2D eigenvalue weighted by Gasteiger charge is -2.34. The molecule has 1 aliphatic carbocycles. The van der Waals surface area contributed by atoms with E-state index in [0.29, 0.717) is 12.0 Å². The predicted octanol–water partition coefficient (Wildman–Crippen LogP) is 5.44. The number of rotatable bonds is 6. The number of halogens is 2. The third kappa shape index (κ3) is 5.77. The Morgan fingerprint density at radius 2 is 1.80 bits per heavy atom. The van der Waals surface area contributed by atoms with E-state index in [4.69, 9.17) is 4.74 Å². The summed E-state index contributed by atoms with van der Waals surface area (Å²) in [6.07, 6.45) is 10.5. The van der Waals surface area contributed by atoms with Crippen LogP contribution < -0.4 is 0 Å². The largest absolute Gasteiger partial charge is 0.381 e. The molecular formula is C21H31BrFNO. The highest BCUT2D eigenvalue weighted by molar-refractivity contribution is 9.10. The molecule has 1 aliphatic heterocycles. The molecule has 0 atom stereocenters. The fourth-order valence-electron chi connectivity index (χ4n) is 4.45. The Bertz CT molecular complexity index is 537. The molecule has 2 aliphatic rings. The molecule has 2 fully saturated rings. The fourth-order valence-corrected chi connectivity index (χ4v) is 4.85. The molecule has 0 aromatic heterocycles. The highest BCUT2D eigenvalue weighted by atomic mass is 79.9. The Labute approximate surface area is 160 Å². The zero-order chi connectivity index (χ0) is 17.6. The number of hydrogen-bond donors (Lipinski definition) is 0. The number of ether oxygens (including phenoxy) is 1. The number of likely N-dealkylation sites (tertiary alicyclic amines) is 1. The van der Waals surface area contributed by atoms with Gasteiger partial charge in [-0.25, -0.2) is 4.39 Å². The first-order valence-corrected chi connectivity index (χ1v) is 10.6. The molecule has 4 heteroatoms. The molecule has 0 unspecified atom stereocenters. The minimum absolute atomic E-state index is 0.126. The maximum Gasteiger partial charge on any atom is 0.123 e. The fraction of sp³-hybridized carbons (Fsp3) is 0.714. The van der Waals surface area contributed by atoms with Crippen molar-refractivity contribution in [2.45, 2.75) is 57.5 Å². The summed E-state index contributed by atoms with van der Waals surface area (Å²) in [7, 11) is 1.84. The zero-order valence-electron chi connectivity index (χ0n) is 15.4. The molecule has 0 radical (unpaired) electrons. The van der Waals surface area contributed by atoms with Crippen LogP contribution in [-0.2, 0) is 11.2 Å². The van der Waals surface area contributed by atoms with Crippen LogP contribution in [0.3, 0.4) is 0 Å². The number of piperidine rings is 1. The molecule has 1 heterocycles. The van der Waals surface area contributed by atoms with E-state index in [2.05, 4.69) is 20.8 Å². The second kappa shape index (κ2) is 9.48. The Balaban J connectivity index is 1.37. The van der Waals surface area contributed by atoms with Crippen molar-refractivity contribution in [2.24, 2.45) is 11.8 Å². The molecule has 1 saturated carbocycles. The molecule has 0 spiro atoms. The van der Waals surface area contributed by atoms with Crippen LogP contribution in [-0.4, -0.2) is 37.7 Å². The van der Waals surface area contributed by atoms with Crippen molar-refractivity contribution in [3.8, 4) is 0 Å². The van der Waals surface area contributed by atoms with Gasteiger partial charge in [0.25, 0.3) is 0 Å². The van der Waals surface area contributed by atoms with Crippen molar-refractivity contribution in [1.29, 1.82) is 0 Å². The summed E-state index contributed by atoms with van der Waals surface area (Å²) < 4.78 is 20.0. The van der Waals surface area contributed by atoms with Crippen molar-refractivity contribution < 1.29 is 9.13 Å². The van der Waals surface area contributed by atoms with Gasteiger partial charge in [0.2, 0.25) is 0 Å². The average molecular weight is 412 g/mol. The standard InChI is InChI=1S/C21H31BrFNO/c1-25-20-5-2-16(3-6-20)8-11-24-12-9-17(10-13-24)14-18-15-19(23)4-7-21(18)22/h4,7,15-17,20H,2-3,5-6,8-14H2,1H3. The molecule has 140 valence electrons. The van der Waals surface area contributed by atoms with E-state index in [-0.39, 0.29) is 5.82 Å². The molecular weight excluding hydrogens is 381 g/mol. The number of benzene rings is 1. The van der Waals surface area contributed by atoms with Gasteiger partial charge in [-0.05, 0) is 107 Å². The second-order valence-corrected chi connectivity index (χ2v) is 8.75. The summed E-state index contributed by atoms with van der Waals surface area (Å²) >= 11 is 3.56. The summed E-state index contributed by atoms with van der Waals surface area (Å²) in [4.78, 5) is 2.64. The first-order valence-electron chi connectivity index (χ1n) is 9.83. The molecule has 1 aromatic carbocycles. The monoisotopic (exact) mass is 411 g/mol. The van der Waals surface area contributed by atoms with E-state index in [9.17, 15) is 4.39 Å². The molecule has 0 bridgehead atoms. The van der Waals surface area contributed by atoms with Crippen LogP contribution in [0.2, 0.25) is 0 Å². The third-order valence-electron chi connectivity index (χ3n) is 6.20. The number of hydrogen-bond acceptors (Lipinski definition) is 2. The van der Waals surface area contributed by atoms with Crippen molar-refractivity contribution >= 4 is 15.9 Å². The minimum Gasteiger partial charge on any atom is -0.381 e. The van der Waals surface area contributed by atoms with Crippen molar-refractivity contribution in [1.82, 2.24) is 4.90 Å². The molecule has 3 rings (SSSR count). The lowest BCUT2D eigenvalue weighted by molar-refractivity contribution is 0.0527. The molecule has 1 aromatic rings.